The fourth-order valence-electron chi connectivity index (χ4n) is 2.29. The molecular weight excluding hydrogens is 238 g/mol. The maximum atomic E-state index is 13.7. The van der Waals surface area contributed by atoms with Crippen LogP contribution in [0, 0.1) is 18.6 Å². The quantitative estimate of drug-likeness (QED) is 0.899. The van der Waals surface area contributed by atoms with Gasteiger partial charge >= 0.3 is 0 Å². The summed E-state index contributed by atoms with van der Waals surface area (Å²) in [6, 6.07) is 2.93. The smallest absolute Gasteiger partial charge is 0.164 e. The van der Waals surface area contributed by atoms with Crippen molar-refractivity contribution in [2.45, 2.75) is 44.8 Å². The normalized spacial score (nSPS) is 21.9. The van der Waals surface area contributed by atoms with Crippen molar-refractivity contribution < 1.29 is 18.6 Å². The minimum Gasteiger partial charge on any atom is -0.388 e. The van der Waals surface area contributed by atoms with Crippen LogP contribution in [-0.4, -0.2) is 17.8 Å². The summed E-state index contributed by atoms with van der Waals surface area (Å²) in [5.74, 6) is -1.82. The number of hydrogen-bond donors (Lipinski definition) is 1. The molecule has 1 aromatic rings. The first-order chi connectivity index (χ1) is 8.59. The van der Waals surface area contributed by atoms with Crippen LogP contribution in [-0.2, 0) is 4.74 Å². The Bertz CT molecular complexity index is 415. The molecule has 18 heavy (non-hydrogen) atoms. The lowest BCUT2D eigenvalue weighted by atomic mass is 9.97. The van der Waals surface area contributed by atoms with E-state index in [2.05, 4.69) is 0 Å². The molecule has 0 aromatic heterocycles. The standard InChI is InChI=1S/C14H18F2O2/c1-9-5-6-11(14(16)13(9)15)12(17)8-10-4-2-3-7-18-10/h5-6,10,12,17H,2-4,7-8H2,1H3. The minimum absolute atomic E-state index is 0.0206. The second-order valence-electron chi connectivity index (χ2n) is 4.84. The number of rotatable bonds is 3. The van der Waals surface area contributed by atoms with Crippen LogP contribution in [0.2, 0.25) is 0 Å². The molecule has 2 nitrogen and oxygen atoms in total. The summed E-state index contributed by atoms with van der Waals surface area (Å²) in [6.07, 6.45) is 2.20. The number of hydrogen-bond acceptors (Lipinski definition) is 2. The van der Waals surface area contributed by atoms with E-state index < -0.39 is 17.7 Å². The van der Waals surface area contributed by atoms with Crippen LogP contribution in [0.1, 0.15) is 42.9 Å². The molecule has 0 aliphatic carbocycles. The second-order valence-corrected chi connectivity index (χ2v) is 4.84. The lowest BCUT2D eigenvalue weighted by molar-refractivity contribution is -0.0162. The predicted molar refractivity (Wildman–Crippen MR) is 64.3 cm³/mol. The largest absolute Gasteiger partial charge is 0.388 e. The highest BCUT2D eigenvalue weighted by Crippen LogP contribution is 2.28. The van der Waals surface area contributed by atoms with Gasteiger partial charge in [0.15, 0.2) is 11.6 Å². The zero-order chi connectivity index (χ0) is 13.1. The van der Waals surface area contributed by atoms with Crippen molar-refractivity contribution in [1.82, 2.24) is 0 Å². The Kier molecular flexibility index (Phi) is 4.30. The van der Waals surface area contributed by atoms with E-state index in [0.717, 1.165) is 19.3 Å². The van der Waals surface area contributed by atoms with Crippen molar-refractivity contribution in [2.24, 2.45) is 0 Å². The van der Waals surface area contributed by atoms with E-state index in [9.17, 15) is 13.9 Å². The van der Waals surface area contributed by atoms with Crippen LogP contribution >= 0.6 is 0 Å². The van der Waals surface area contributed by atoms with Gasteiger partial charge in [0, 0.05) is 18.6 Å². The van der Waals surface area contributed by atoms with Crippen LogP contribution < -0.4 is 0 Å². The van der Waals surface area contributed by atoms with Crippen molar-refractivity contribution in [3.8, 4) is 0 Å². The summed E-state index contributed by atoms with van der Waals surface area (Å²) in [4.78, 5) is 0. The summed E-state index contributed by atoms with van der Waals surface area (Å²) in [5, 5.41) is 9.98. The van der Waals surface area contributed by atoms with Crippen LogP contribution in [0.5, 0.6) is 0 Å². The number of aliphatic hydroxyl groups is 1. The van der Waals surface area contributed by atoms with Crippen molar-refractivity contribution >= 4 is 0 Å². The highest BCUT2D eigenvalue weighted by atomic mass is 19.2. The molecule has 1 N–H and O–H groups in total. The SMILES string of the molecule is Cc1ccc(C(O)CC2CCCCO2)c(F)c1F. The van der Waals surface area contributed by atoms with Crippen LogP contribution in [0.15, 0.2) is 12.1 Å². The number of aryl methyl sites for hydroxylation is 1. The van der Waals surface area contributed by atoms with Gasteiger partial charge in [-0.15, -0.1) is 0 Å². The molecule has 100 valence electrons. The molecule has 1 heterocycles. The molecule has 2 rings (SSSR count). The molecule has 0 radical (unpaired) electrons. The highest BCUT2D eigenvalue weighted by Gasteiger charge is 2.23. The van der Waals surface area contributed by atoms with Gasteiger partial charge in [0.1, 0.15) is 0 Å². The molecular formula is C14H18F2O2. The molecule has 4 heteroatoms. The summed E-state index contributed by atoms with van der Waals surface area (Å²) in [5.41, 5.74) is 0.268. The number of ether oxygens (including phenoxy) is 1. The summed E-state index contributed by atoms with van der Waals surface area (Å²) in [6.45, 7) is 2.18. The molecule has 1 aliphatic heterocycles. The molecule has 2 atom stereocenters. The third-order valence-electron chi connectivity index (χ3n) is 3.42. The zero-order valence-corrected chi connectivity index (χ0v) is 10.5. The van der Waals surface area contributed by atoms with E-state index in [0.29, 0.717) is 13.0 Å². The lowest BCUT2D eigenvalue weighted by Crippen LogP contribution is -2.22. The molecule has 0 amide bonds. The maximum Gasteiger partial charge on any atom is 0.164 e. The van der Waals surface area contributed by atoms with E-state index in [4.69, 9.17) is 4.74 Å². The lowest BCUT2D eigenvalue weighted by Gasteiger charge is -2.25. The first-order valence-corrected chi connectivity index (χ1v) is 6.33. The Labute approximate surface area is 106 Å². The summed E-state index contributed by atoms with van der Waals surface area (Å²) < 4.78 is 32.6. The fraction of sp³-hybridized carbons (Fsp3) is 0.571. The summed E-state index contributed by atoms with van der Waals surface area (Å²) >= 11 is 0. The van der Waals surface area contributed by atoms with E-state index in [1.54, 1.807) is 0 Å². The molecule has 2 unspecified atom stereocenters. The Hall–Kier alpha value is -1.00. The third-order valence-corrected chi connectivity index (χ3v) is 3.42. The van der Waals surface area contributed by atoms with Crippen molar-refractivity contribution in [1.29, 1.82) is 0 Å². The van der Waals surface area contributed by atoms with Gasteiger partial charge in [-0.3, -0.25) is 0 Å². The first-order valence-electron chi connectivity index (χ1n) is 6.33. The van der Waals surface area contributed by atoms with Gasteiger partial charge < -0.3 is 9.84 Å². The van der Waals surface area contributed by atoms with E-state index in [1.165, 1.54) is 19.1 Å². The van der Waals surface area contributed by atoms with Gasteiger partial charge in [0.25, 0.3) is 0 Å². The highest BCUT2D eigenvalue weighted by molar-refractivity contribution is 5.27. The second kappa shape index (κ2) is 5.76. The molecule has 0 spiro atoms. The fourth-order valence-corrected chi connectivity index (χ4v) is 2.29. The van der Waals surface area contributed by atoms with Crippen LogP contribution in [0.25, 0.3) is 0 Å². The first kappa shape index (κ1) is 13.4. The number of aliphatic hydroxyl groups excluding tert-OH is 1. The van der Waals surface area contributed by atoms with E-state index in [1.807, 2.05) is 0 Å². The molecule has 1 aliphatic rings. The van der Waals surface area contributed by atoms with Gasteiger partial charge in [-0.25, -0.2) is 8.78 Å². The Morgan fingerprint density at radius 3 is 2.78 bits per heavy atom. The molecule has 1 fully saturated rings. The zero-order valence-electron chi connectivity index (χ0n) is 10.5. The topological polar surface area (TPSA) is 29.5 Å². The van der Waals surface area contributed by atoms with Gasteiger partial charge in [-0.05, 0) is 31.7 Å². The maximum absolute atomic E-state index is 13.7. The van der Waals surface area contributed by atoms with Crippen LogP contribution in [0.3, 0.4) is 0 Å². The summed E-state index contributed by atoms with van der Waals surface area (Å²) in [7, 11) is 0. The third kappa shape index (κ3) is 2.87. The van der Waals surface area contributed by atoms with Crippen molar-refractivity contribution in [3.63, 3.8) is 0 Å². The van der Waals surface area contributed by atoms with Crippen molar-refractivity contribution in [2.75, 3.05) is 6.61 Å². The van der Waals surface area contributed by atoms with E-state index >= 15 is 0 Å². The van der Waals surface area contributed by atoms with Gasteiger partial charge in [0.05, 0.1) is 12.2 Å². The Morgan fingerprint density at radius 1 is 1.33 bits per heavy atom. The Balaban J connectivity index is 2.08. The molecule has 1 aromatic carbocycles. The molecule has 1 saturated heterocycles. The average molecular weight is 256 g/mol. The molecule has 0 saturated carbocycles. The number of halogens is 2. The van der Waals surface area contributed by atoms with Gasteiger partial charge in [-0.1, -0.05) is 12.1 Å². The van der Waals surface area contributed by atoms with Gasteiger partial charge in [-0.2, -0.15) is 0 Å². The molecule has 0 bridgehead atoms. The minimum atomic E-state index is -1.01. The predicted octanol–water partition coefficient (Wildman–Crippen LogP) is 3.27. The number of benzene rings is 1. The van der Waals surface area contributed by atoms with Crippen LogP contribution in [0.4, 0.5) is 8.78 Å². The Morgan fingerprint density at radius 2 is 2.11 bits per heavy atom. The monoisotopic (exact) mass is 256 g/mol. The average Bonchev–Trinajstić information content (AvgIpc) is 2.37. The van der Waals surface area contributed by atoms with Crippen molar-refractivity contribution in [3.05, 3.63) is 34.9 Å². The van der Waals surface area contributed by atoms with Gasteiger partial charge in [0.2, 0.25) is 0 Å². The van der Waals surface area contributed by atoms with E-state index in [-0.39, 0.29) is 17.2 Å².